The highest BCUT2D eigenvalue weighted by atomic mass is 16.5. The molecular formula is C17H26N2O2. The highest BCUT2D eigenvalue weighted by Crippen LogP contribution is 2.37. The molecule has 3 atom stereocenters. The number of ether oxygens (including phenoxy) is 1. The van der Waals surface area contributed by atoms with Crippen molar-refractivity contribution in [3.05, 3.63) is 23.8 Å². The number of para-hydroxylation sites is 1. The summed E-state index contributed by atoms with van der Waals surface area (Å²) in [4.78, 5) is 11.9. The number of carbonyl (C=O) groups excluding carboxylic acids is 1. The molecule has 0 heterocycles. The van der Waals surface area contributed by atoms with Crippen LogP contribution in [-0.4, -0.2) is 18.6 Å². The van der Waals surface area contributed by atoms with Crippen LogP contribution < -0.4 is 11.1 Å². The number of rotatable bonds is 5. The summed E-state index contributed by atoms with van der Waals surface area (Å²) >= 11 is 0. The molecule has 0 amide bonds. The average molecular weight is 290 g/mol. The lowest BCUT2D eigenvalue weighted by molar-refractivity contribution is 0.0527. The van der Waals surface area contributed by atoms with Crippen molar-refractivity contribution in [2.45, 2.75) is 46.1 Å². The summed E-state index contributed by atoms with van der Waals surface area (Å²) in [5.74, 6) is 1.04. The zero-order chi connectivity index (χ0) is 15.4. The lowest BCUT2D eigenvalue weighted by atomic mass is 9.93. The predicted octanol–water partition coefficient (Wildman–Crippen LogP) is 3.68. The van der Waals surface area contributed by atoms with Crippen molar-refractivity contribution < 1.29 is 9.53 Å². The molecule has 1 aliphatic carbocycles. The summed E-state index contributed by atoms with van der Waals surface area (Å²) in [5.41, 5.74) is 7.92. The molecule has 0 aliphatic heterocycles. The molecule has 1 saturated carbocycles. The Bertz CT molecular complexity index is 502. The zero-order valence-corrected chi connectivity index (χ0v) is 13.2. The normalized spacial score (nSPS) is 24.8. The van der Waals surface area contributed by atoms with Gasteiger partial charge >= 0.3 is 5.97 Å². The van der Waals surface area contributed by atoms with Gasteiger partial charge in [0.1, 0.15) is 0 Å². The fourth-order valence-corrected chi connectivity index (χ4v) is 3.31. The molecule has 0 bridgehead atoms. The lowest BCUT2D eigenvalue weighted by Gasteiger charge is -2.23. The number of anilines is 2. The van der Waals surface area contributed by atoms with Crippen LogP contribution in [0.5, 0.6) is 0 Å². The minimum atomic E-state index is -0.357. The monoisotopic (exact) mass is 290 g/mol. The van der Waals surface area contributed by atoms with E-state index < -0.39 is 0 Å². The van der Waals surface area contributed by atoms with Crippen LogP contribution >= 0.6 is 0 Å². The molecule has 21 heavy (non-hydrogen) atoms. The van der Waals surface area contributed by atoms with E-state index in [9.17, 15) is 4.79 Å². The number of nitrogens with two attached hydrogens (primary N) is 1. The molecule has 4 heteroatoms. The van der Waals surface area contributed by atoms with Gasteiger partial charge in [-0.1, -0.05) is 26.3 Å². The molecule has 0 spiro atoms. The molecule has 1 aromatic carbocycles. The van der Waals surface area contributed by atoms with E-state index in [-0.39, 0.29) is 5.97 Å². The first-order valence-corrected chi connectivity index (χ1v) is 7.90. The largest absolute Gasteiger partial charge is 0.462 e. The average Bonchev–Trinajstić information content (AvgIpc) is 2.82. The maximum Gasteiger partial charge on any atom is 0.340 e. The number of nitrogen functional groups attached to an aromatic ring is 1. The van der Waals surface area contributed by atoms with E-state index in [1.165, 1.54) is 12.8 Å². The van der Waals surface area contributed by atoms with Gasteiger partial charge in [-0.3, -0.25) is 0 Å². The van der Waals surface area contributed by atoms with Gasteiger partial charge in [0.15, 0.2) is 0 Å². The second-order valence-electron chi connectivity index (χ2n) is 5.84. The molecule has 3 N–H and O–H groups in total. The molecule has 1 aromatic rings. The Kier molecular flexibility index (Phi) is 5.10. The van der Waals surface area contributed by atoms with E-state index in [0.717, 1.165) is 18.0 Å². The van der Waals surface area contributed by atoms with Crippen molar-refractivity contribution in [3.63, 3.8) is 0 Å². The first kappa shape index (κ1) is 15.7. The number of nitrogens with one attached hydrogen (secondary N) is 1. The Labute approximate surface area is 127 Å². The standard InChI is InChI=1S/C17H26N2O2/c1-4-12-9-10-14(11(12)3)19-15-8-6-7-13(16(15)18)17(20)21-5-2/h6-8,11-12,14,19H,4-5,9-10,18H2,1-3H3. The van der Waals surface area contributed by atoms with Crippen LogP contribution in [0.3, 0.4) is 0 Å². The van der Waals surface area contributed by atoms with E-state index in [1.54, 1.807) is 13.0 Å². The summed E-state index contributed by atoms with van der Waals surface area (Å²) in [6.07, 6.45) is 3.63. The van der Waals surface area contributed by atoms with Gasteiger partial charge < -0.3 is 15.8 Å². The molecule has 1 fully saturated rings. The minimum Gasteiger partial charge on any atom is -0.462 e. The van der Waals surface area contributed by atoms with Crippen molar-refractivity contribution in [2.24, 2.45) is 11.8 Å². The van der Waals surface area contributed by atoms with Crippen LogP contribution in [-0.2, 0) is 4.74 Å². The van der Waals surface area contributed by atoms with Crippen LogP contribution in [0.25, 0.3) is 0 Å². The summed E-state index contributed by atoms with van der Waals surface area (Å²) in [7, 11) is 0. The van der Waals surface area contributed by atoms with Crippen LogP contribution in [0.15, 0.2) is 18.2 Å². The van der Waals surface area contributed by atoms with E-state index in [1.807, 2.05) is 12.1 Å². The van der Waals surface area contributed by atoms with E-state index in [4.69, 9.17) is 10.5 Å². The molecule has 4 nitrogen and oxygen atoms in total. The Hall–Kier alpha value is -1.71. The van der Waals surface area contributed by atoms with Gasteiger partial charge in [0.05, 0.1) is 23.5 Å². The number of hydrogen-bond donors (Lipinski definition) is 2. The summed E-state index contributed by atoms with van der Waals surface area (Å²) in [5, 5.41) is 3.53. The maximum absolute atomic E-state index is 11.9. The Balaban J connectivity index is 2.14. The van der Waals surface area contributed by atoms with E-state index >= 15 is 0 Å². The third kappa shape index (κ3) is 3.31. The van der Waals surface area contributed by atoms with Gasteiger partial charge in [-0.25, -0.2) is 4.79 Å². The van der Waals surface area contributed by atoms with Crippen molar-refractivity contribution in [2.75, 3.05) is 17.7 Å². The Morgan fingerprint density at radius 3 is 2.76 bits per heavy atom. The van der Waals surface area contributed by atoms with Crippen LogP contribution in [0.1, 0.15) is 50.4 Å². The zero-order valence-electron chi connectivity index (χ0n) is 13.2. The third-order valence-electron chi connectivity index (χ3n) is 4.69. The Morgan fingerprint density at radius 1 is 1.38 bits per heavy atom. The van der Waals surface area contributed by atoms with Gasteiger partial charge in [0.2, 0.25) is 0 Å². The van der Waals surface area contributed by atoms with Crippen molar-refractivity contribution in [3.8, 4) is 0 Å². The predicted molar refractivity (Wildman–Crippen MR) is 86.4 cm³/mol. The van der Waals surface area contributed by atoms with Gasteiger partial charge in [-0.05, 0) is 43.7 Å². The fraction of sp³-hybridized carbons (Fsp3) is 0.588. The lowest BCUT2D eigenvalue weighted by Crippen LogP contribution is -2.25. The van der Waals surface area contributed by atoms with Crippen molar-refractivity contribution >= 4 is 17.3 Å². The highest BCUT2D eigenvalue weighted by molar-refractivity contribution is 5.98. The first-order valence-electron chi connectivity index (χ1n) is 7.90. The summed E-state index contributed by atoms with van der Waals surface area (Å²) in [6.45, 7) is 6.69. The molecule has 3 unspecified atom stereocenters. The van der Waals surface area contributed by atoms with Crippen LogP contribution in [0, 0.1) is 11.8 Å². The molecule has 116 valence electrons. The number of benzene rings is 1. The third-order valence-corrected chi connectivity index (χ3v) is 4.69. The quantitative estimate of drug-likeness (QED) is 0.641. The SMILES string of the molecule is CCOC(=O)c1cccc(NC2CCC(CC)C2C)c1N. The molecule has 0 radical (unpaired) electrons. The van der Waals surface area contributed by atoms with Crippen molar-refractivity contribution in [1.29, 1.82) is 0 Å². The molecule has 1 aliphatic rings. The molecule has 2 rings (SSSR count). The van der Waals surface area contributed by atoms with E-state index in [2.05, 4.69) is 19.2 Å². The maximum atomic E-state index is 11.9. The van der Waals surface area contributed by atoms with E-state index in [0.29, 0.717) is 29.8 Å². The smallest absolute Gasteiger partial charge is 0.340 e. The number of carbonyl (C=O) groups is 1. The van der Waals surface area contributed by atoms with Gasteiger partial charge in [-0.15, -0.1) is 0 Å². The highest BCUT2D eigenvalue weighted by Gasteiger charge is 2.31. The topological polar surface area (TPSA) is 64.3 Å². The van der Waals surface area contributed by atoms with Gasteiger partial charge in [0.25, 0.3) is 0 Å². The summed E-state index contributed by atoms with van der Waals surface area (Å²) in [6, 6.07) is 5.92. The molecular weight excluding hydrogens is 264 g/mol. The summed E-state index contributed by atoms with van der Waals surface area (Å²) < 4.78 is 5.04. The fourth-order valence-electron chi connectivity index (χ4n) is 3.31. The minimum absolute atomic E-state index is 0.355. The second kappa shape index (κ2) is 6.83. The first-order chi connectivity index (χ1) is 10.1. The van der Waals surface area contributed by atoms with Crippen LogP contribution in [0.4, 0.5) is 11.4 Å². The van der Waals surface area contributed by atoms with Gasteiger partial charge in [0, 0.05) is 6.04 Å². The number of hydrogen-bond acceptors (Lipinski definition) is 4. The Morgan fingerprint density at radius 2 is 2.14 bits per heavy atom. The molecule has 0 saturated heterocycles. The molecule has 0 aromatic heterocycles. The second-order valence-corrected chi connectivity index (χ2v) is 5.84. The van der Waals surface area contributed by atoms with Crippen molar-refractivity contribution in [1.82, 2.24) is 0 Å². The van der Waals surface area contributed by atoms with Crippen LogP contribution in [0.2, 0.25) is 0 Å². The van der Waals surface area contributed by atoms with Gasteiger partial charge in [-0.2, -0.15) is 0 Å². The number of esters is 1.